The summed E-state index contributed by atoms with van der Waals surface area (Å²) in [5.41, 5.74) is 7.24. The van der Waals surface area contributed by atoms with Gasteiger partial charge in [-0.25, -0.2) is 19.6 Å². The summed E-state index contributed by atoms with van der Waals surface area (Å²) in [6, 6.07) is 36.9. The van der Waals surface area contributed by atoms with Gasteiger partial charge in [0.1, 0.15) is 69.7 Å². The molecule has 0 saturated carbocycles. The third kappa shape index (κ3) is 14.0. The molecule has 0 radical (unpaired) electrons. The minimum Gasteiger partial charge on any atom is -0.542 e. The Balaban J connectivity index is 0.00000124. The molecular formula is C58H55F3N8O11S4. The van der Waals surface area contributed by atoms with Gasteiger partial charge < -0.3 is 39.6 Å². The number of thiazole rings is 2. The van der Waals surface area contributed by atoms with Crippen LogP contribution in [0.2, 0.25) is 0 Å². The Morgan fingerprint density at radius 3 is 1.99 bits per heavy atom. The van der Waals surface area contributed by atoms with Gasteiger partial charge in [-0.05, 0) is 80.6 Å². The summed E-state index contributed by atoms with van der Waals surface area (Å²) in [6.07, 6.45) is -3.60. The van der Waals surface area contributed by atoms with Gasteiger partial charge in [0.2, 0.25) is 5.60 Å². The van der Waals surface area contributed by atoms with Gasteiger partial charge >= 0.3 is 24.1 Å². The number of primary amides is 1. The van der Waals surface area contributed by atoms with Crippen molar-refractivity contribution < 1.29 is 70.7 Å². The molecule has 26 heteroatoms. The van der Waals surface area contributed by atoms with Crippen LogP contribution in [-0.4, -0.2) is 104 Å². The number of nitrogens with zero attached hydrogens (tertiary/aromatic N) is 5. The van der Waals surface area contributed by atoms with Gasteiger partial charge in [-0.2, -0.15) is 22.5 Å². The number of thioether (sulfide) groups is 2. The number of aryl methyl sites for hydroxylation is 1. The number of carboxylic acids is 1. The number of carboxylic acid groups (broad SMARTS) is 1. The average Bonchev–Trinajstić information content (AvgIpc) is 1.79. The topological polar surface area (TPSA) is 258 Å². The second-order valence-electron chi connectivity index (χ2n) is 20.2. The molecule has 3 aromatic heterocycles. The number of hydrogen-bond acceptors (Lipinski definition) is 19. The number of nitrogens with one attached hydrogen (secondary N) is 2. The molecule has 7 aromatic rings. The van der Waals surface area contributed by atoms with Crippen LogP contribution >= 0.6 is 46.2 Å². The van der Waals surface area contributed by atoms with Crippen molar-refractivity contribution in [3.05, 3.63) is 178 Å². The number of ether oxygens (including phenoxy) is 3. The number of pyridine rings is 1. The number of methoxy groups -OCH3 is 1. The minimum atomic E-state index is -5.19. The second kappa shape index (κ2) is 25.7. The molecule has 438 valence electrons. The van der Waals surface area contributed by atoms with Gasteiger partial charge in [0, 0.05) is 23.8 Å². The van der Waals surface area contributed by atoms with E-state index in [4.69, 9.17) is 44.7 Å². The number of esters is 2. The molecule has 2 aliphatic rings. The van der Waals surface area contributed by atoms with Crippen molar-refractivity contribution in [2.75, 3.05) is 23.9 Å². The lowest BCUT2D eigenvalue weighted by atomic mass is 9.77. The quantitative estimate of drug-likeness (QED) is 0.0140. The lowest BCUT2D eigenvalue weighted by molar-refractivity contribution is -0.575. The molecule has 4 aromatic carbocycles. The SMILES string of the molecule is COc1ccc(COC(=O)C2=C(CSc3nc4c(C)[n+](C(N)=O)ccc4s3)CS[C@H]3C(NC(=O)/C(=N\OC(C)(C)C(=O)OC(C)(C)C)c4csc(NC(c5ccccc5)(c5ccccc5)c5ccccc5)n4)C(=O)N23)cc1.O=C([O-])C(F)(F)F. The van der Waals surface area contributed by atoms with Crippen LogP contribution in [0, 0.1) is 6.92 Å². The first-order chi connectivity index (χ1) is 39.8. The molecule has 9 rings (SSSR count). The molecule has 2 atom stereocenters. The Bertz CT molecular complexity index is 3560. The number of aliphatic carboxylic acids is 1. The van der Waals surface area contributed by atoms with Gasteiger partial charge in [-0.1, -0.05) is 120 Å². The largest absolute Gasteiger partial charge is 0.542 e. The summed E-state index contributed by atoms with van der Waals surface area (Å²) in [5, 5.41) is 21.0. The third-order valence-electron chi connectivity index (χ3n) is 12.7. The van der Waals surface area contributed by atoms with Gasteiger partial charge in [0.15, 0.2) is 15.2 Å². The Morgan fingerprint density at radius 2 is 1.45 bits per heavy atom. The predicted octanol–water partition coefficient (Wildman–Crippen LogP) is 8.02. The zero-order valence-electron chi connectivity index (χ0n) is 46.0. The van der Waals surface area contributed by atoms with Crippen LogP contribution in [0.4, 0.5) is 23.1 Å². The summed E-state index contributed by atoms with van der Waals surface area (Å²) in [6.45, 7) is 9.80. The van der Waals surface area contributed by atoms with E-state index < -0.39 is 70.1 Å². The molecule has 3 amide bonds. The molecule has 1 saturated heterocycles. The fourth-order valence-electron chi connectivity index (χ4n) is 8.62. The molecule has 0 aliphatic carbocycles. The Morgan fingerprint density at radius 1 is 0.869 bits per heavy atom. The van der Waals surface area contributed by atoms with Gasteiger partial charge in [-0.15, -0.1) is 34.4 Å². The van der Waals surface area contributed by atoms with Crippen LogP contribution in [0.5, 0.6) is 5.75 Å². The van der Waals surface area contributed by atoms with Crippen molar-refractivity contribution >= 4 is 103 Å². The number of aromatic nitrogens is 3. The van der Waals surface area contributed by atoms with E-state index in [-0.39, 0.29) is 29.5 Å². The van der Waals surface area contributed by atoms with Crippen molar-refractivity contribution in [2.24, 2.45) is 10.9 Å². The maximum absolute atomic E-state index is 14.8. The number of fused-ring (bicyclic) bond motifs is 2. The van der Waals surface area contributed by atoms with Crippen LogP contribution in [0.25, 0.3) is 10.2 Å². The van der Waals surface area contributed by atoms with E-state index in [1.165, 1.54) is 69.5 Å². The minimum absolute atomic E-state index is 0.0689. The highest BCUT2D eigenvalue weighted by Crippen LogP contribution is 2.44. The molecule has 19 nitrogen and oxygen atoms in total. The number of anilines is 1. The van der Waals surface area contributed by atoms with Crippen molar-refractivity contribution in [2.45, 2.75) is 86.8 Å². The summed E-state index contributed by atoms with van der Waals surface area (Å²) in [4.78, 5) is 94.9. The van der Waals surface area contributed by atoms with Gasteiger partial charge in [0.25, 0.3) is 11.8 Å². The van der Waals surface area contributed by atoms with Gasteiger partial charge in [0.05, 0.1) is 11.8 Å². The third-order valence-corrected chi connectivity index (χ3v) is 17.1. The molecule has 5 heterocycles. The highest BCUT2D eigenvalue weighted by atomic mass is 32.2. The number of halogens is 3. The van der Waals surface area contributed by atoms with E-state index in [1.807, 2.05) is 91.0 Å². The van der Waals surface area contributed by atoms with Crippen LogP contribution in [0.15, 0.2) is 154 Å². The molecule has 1 unspecified atom stereocenters. The summed E-state index contributed by atoms with van der Waals surface area (Å²) in [5.74, 6) is -4.63. The van der Waals surface area contributed by atoms with Crippen molar-refractivity contribution in [3.8, 4) is 5.75 Å². The molecular weight excluding hydrogens is 1170 g/mol. The fourth-order valence-corrected chi connectivity index (χ4v) is 13.0. The van der Waals surface area contributed by atoms with E-state index in [9.17, 15) is 37.1 Å². The van der Waals surface area contributed by atoms with E-state index in [1.54, 1.807) is 76.7 Å². The number of rotatable bonds is 18. The standard InChI is InChI=1S/C56H54N8O9S4.C2HF3O2/c1-33-42-41(27-28-63(33)51(57)69)77-53(60-42)76-31-35-30-74-48-44(47(66)64(48)45(35)49(67)71-29-34-23-25-39(70-7)26-24-34)59-46(65)43(62-73-55(5,6)50(68)72-54(2,3)4)40-32-75-52(58-40)61-56(36-17-11-8-12-18-36,37-19-13-9-14-20-37)38-21-15-10-16-22-38;3-2(4,5)1(6)7/h8-28,32,44,48H,29-31H2,1-7H3,(H3-,57,58,59,61,65,69);(H,6,7)/b62-43-;/t44?,48-;/m0./s1. The van der Waals surface area contributed by atoms with E-state index in [0.29, 0.717) is 43.3 Å². The molecule has 4 N–H and O–H groups in total. The molecule has 1 fully saturated rings. The van der Waals surface area contributed by atoms with Crippen LogP contribution in [0.1, 0.15) is 68.3 Å². The van der Waals surface area contributed by atoms with E-state index in [2.05, 4.69) is 15.8 Å². The predicted molar refractivity (Wildman–Crippen MR) is 309 cm³/mol. The number of hydrogen-bond donors (Lipinski definition) is 3. The number of β-lactam (4-membered cyclic amide) rings is 1. The monoisotopic (exact) mass is 1220 g/mol. The van der Waals surface area contributed by atoms with Gasteiger partial charge in [-0.3, -0.25) is 20.2 Å². The second-order valence-corrected chi connectivity index (χ2v) is 24.4. The number of carbonyl (C=O) groups excluding carboxylic acids is 6. The zero-order valence-corrected chi connectivity index (χ0v) is 49.3. The van der Waals surface area contributed by atoms with E-state index in [0.717, 1.165) is 21.4 Å². The average molecular weight is 1230 g/mol. The van der Waals surface area contributed by atoms with Crippen LogP contribution in [-0.2, 0) is 50.4 Å². The summed E-state index contributed by atoms with van der Waals surface area (Å²) >= 11 is 5.40. The number of amides is 3. The summed E-state index contributed by atoms with van der Waals surface area (Å²) in [7, 11) is 1.56. The first-order valence-corrected chi connectivity index (χ1v) is 29.2. The van der Waals surface area contributed by atoms with Crippen LogP contribution in [0.3, 0.4) is 0 Å². The number of benzene rings is 4. The number of carbonyl (C=O) groups is 6. The Labute approximate surface area is 496 Å². The Kier molecular flexibility index (Phi) is 18.9. The number of oxime groups is 1. The fraction of sp³-hybridized carbons (Fsp3) is 0.276. The maximum Gasteiger partial charge on any atom is 0.493 e. The smallest absolute Gasteiger partial charge is 0.493 e. The van der Waals surface area contributed by atoms with E-state index >= 15 is 0 Å². The molecule has 0 bridgehead atoms. The highest BCUT2D eigenvalue weighted by Gasteiger charge is 2.55. The number of nitrogens with two attached hydrogens (primary N) is 1. The normalized spacial score (nSPS) is 15.4. The highest BCUT2D eigenvalue weighted by molar-refractivity contribution is 8.02. The van der Waals surface area contributed by atoms with Crippen LogP contribution < -0.4 is 30.8 Å². The first-order valence-electron chi connectivity index (χ1n) is 25.5. The lowest BCUT2D eigenvalue weighted by Crippen LogP contribution is -2.71. The zero-order chi connectivity index (χ0) is 60.7. The Hall–Kier alpha value is -8.33. The van der Waals surface area contributed by atoms with Crippen molar-refractivity contribution in [1.29, 1.82) is 0 Å². The molecule has 2 aliphatic heterocycles. The number of alkyl halides is 3. The molecule has 84 heavy (non-hydrogen) atoms. The van der Waals surface area contributed by atoms with Crippen molar-refractivity contribution in [3.63, 3.8) is 0 Å². The van der Waals surface area contributed by atoms with Crippen molar-refractivity contribution in [1.82, 2.24) is 20.2 Å². The lowest BCUT2D eigenvalue weighted by Gasteiger charge is -2.49. The summed E-state index contributed by atoms with van der Waals surface area (Å²) < 4.78 is 51.2. The molecule has 0 spiro atoms. The maximum atomic E-state index is 14.8. The first kappa shape index (κ1) is 61.7.